The van der Waals surface area contributed by atoms with Gasteiger partial charge in [0.15, 0.2) is 0 Å². The number of rotatable bonds is 4. The van der Waals surface area contributed by atoms with E-state index in [9.17, 15) is 4.79 Å². The molecule has 2 aromatic rings. The zero-order chi connectivity index (χ0) is 14.0. The van der Waals surface area contributed by atoms with Crippen LogP contribution in [0.1, 0.15) is 23.1 Å². The third kappa shape index (κ3) is 3.08. The normalized spacial score (nSPS) is 10.7. The highest BCUT2D eigenvalue weighted by Crippen LogP contribution is 2.17. The molecule has 0 spiro atoms. The van der Waals surface area contributed by atoms with Crippen molar-refractivity contribution in [1.82, 2.24) is 24.9 Å². The summed E-state index contributed by atoms with van der Waals surface area (Å²) in [7, 11) is 1.71. The number of amides is 1. The molecule has 102 valence electrons. The summed E-state index contributed by atoms with van der Waals surface area (Å²) in [5.74, 6) is -0.135. The van der Waals surface area contributed by atoms with Gasteiger partial charge in [-0.05, 0) is 29.5 Å². The zero-order valence-electron chi connectivity index (χ0n) is 10.5. The van der Waals surface area contributed by atoms with Crippen molar-refractivity contribution in [2.24, 2.45) is 0 Å². The van der Waals surface area contributed by atoms with Gasteiger partial charge in [0.25, 0.3) is 5.91 Å². The van der Waals surface area contributed by atoms with E-state index in [1.54, 1.807) is 29.0 Å². The highest BCUT2D eigenvalue weighted by Gasteiger charge is 2.19. The Morgan fingerprint density at radius 2 is 2.37 bits per heavy atom. The summed E-state index contributed by atoms with van der Waals surface area (Å²) in [6.45, 7) is 3.09. The maximum atomic E-state index is 12.2. The van der Waals surface area contributed by atoms with Crippen LogP contribution in [0.4, 0.5) is 0 Å². The van der Waals surface area contributed by atoms with Crippen LogP contribution >= 0.6 is 34.2 Å². The topological polar surface area (TPSA) is 66.8 Å². The molecule has 6 nitrogen and oxygen atoms in total. The van der Waals surface area contributed by atoms with Crippen molar-refractivity contribution < 1.29 is 4.79 Å². The van der Waals surface area contributed by atoms with Gasteiger partial charge in [0, 0.05) is 19.8 Å². The molecule has 2 aromatic heterocycles. The second-order valence-corrected chi connectivity index (χ2v) is 5.60. The monoisotopic (exact) mass is 393 g/mol. The summed E-state index contributed by atoms with van der Waals surface area (Å²) in [5.41, 5.74) is 1.17. The summed E-state index contributed by atoms with van der Waals surface area (Å²) >= 11 is 8.15. The molecule has 2 rings (SSSR count). The first-order valence-electron chi connectivity index (χ1n) is 5.69. The molecule has 0 bridgehead atoms. The van der Waals surface area contributed by atoms with Crippen LogP contribution in [0, 0.1) is 3.57 Å². The highest BCUT2D eigenvalue weighted by molar-refractivity contribution is 14.1. The zero-order valence-corrected chi connectivity index (χ0v) is 13.4. The van der Waals surface area contributed by atoms with Crippen molar-refractivity contribution in [3.8, 4) is 0 Å². The van der Waals surface area contributed by atoms with E-state index in [4.69, 9.17) is 11.6 Å². The maximum absolute atomic E-state index is 12.2. The van der Waals surface area contributed by atoms with Crippen LogP contribution in [0.5, 0.6) is 0 Å². The quantitative estimate of drug-likeness (QED) is 0.810. The molecule has 1 amide bonds. The molecule has 19 heavy (non-hydrogen) atoms. The highest BCUT2D eigenvalue weighted by atomic mass is 127. The number of nitrogens with zero attached hydrogens (tertiary/aromatic N) is 4. The average Bonchev–Trinajstić information content (AvgIpc) is 2.95. The Hall–Kier alpha value is -1.09. The Morgan fingerprint density at radius 3 is 2.89 bits per heavy atom. The van der Waals surface area contributed by atoms with Gasteiger partial charge in [-0.25, -0.2) is 0 Å². The van der Waals surface area contributed by atoms with E-state index in [2.05, 4.69) is 37.9 Å². The fourth-order valence-corrected chi connectivity index (χ4v) is 2.32. The Labute approximate surface area is 129 Å². The first-order valence-corrected chi connectivity index (χ1v) is 7.14. The molecule has 0 aliphatic rings. The summed E-state index contributed by atoms with van der Waals surface area (Å²) in [5, 5.41) is 11.4. The Balaban J connectivity index is 2.12. The minimum Gasteiger partial charge on any atom is -0.334 e. The van der Waals surface area contributed by atoms with Gasteiger partial charge in [-0.15, -0.1) is 0 Å². The number of carbonyl (C=O) groups excluding carboxylic acids is 1. The average molecular weight is 394 g/mol. The largest absolute Gasteiger partial charge is 0.334 e. The summed E-state index contributed by atoms with van der Waals surface area (Å²) in [6.07, 6.45) is 3.37. The Kier molecular flexibility index (Phi) is 4.46. The second kappa shape index (κ2) is 5.91. The number of nitrogens with one attached hydrogen (secondary N) is 1. The van der Waals surface area contributed by atoms with Crippen molar-refractivity contribution in [1.29, 1.82) is 0 Å². The van der Waals surface area contributed by atoms with E-state index in [0.29, 0.717) is 23.0 Å². The minimum atomic E-state index is -0.135. The summed E-state index contributed by atoms with van der Waals surface area (Å²) < 4.78 is 2.54. The van der Waals surface area contributed by atoms with Crippen LogP contribution in [0.25, 0.3) is 0 Å². The van der Waals surface area contributed by atoms with Crippen LogP contribution < -0.4 is 0 Å². The number of aromatic nitrogens is 4. The first kappa shape index (κ1) is 14.3. The molecular formula is C11H13ClIN5O. The molecule has 0 aliphatic carbocycles. The second-order valence-electron chi connectivity index (χ2n) is 4.03. The Bertz CT molecular complexity index is 594. The molecule has 0 fully saturated rings. The number of H-pyrrole nitrogens is 1. The van der Waals surface area contributed by atoms with Gasteiger partial charge in [0.05, 0.1) is 21.3 Å². The van der Waals surface area contributed by atoms with Crippen molar-refractivity contribution >= 4 is 40.1 Å². The minimum absolute atomic E-state index is 0.135. The number of aromatic amines is 1. The number of halogens is 2. The fourth-order valence-electron chi connectivity index (χ4n) is 1.61. The standard InChI is InChI=1S/C11H13ClIN5O/c1-3-18-5-7(12)9(16-18)6-17(2)11(19)10-8(13)4-14-15-10/h4-5H,3,6H2,1-2H3,(H,14,15). The smallest absolute Gasteiger partial charge is 0.273 e. The third-order valence-electron chi connectivity index (χ3n) is 2.65. The predicted octanol–water partition coefficient (Wildman–Crippen LogP) is 2.16. The van der Waals surface area contributed by atoms with Gasteiger partial charge in [-0.3, -0.25) is 14.6 Å². The van der Waals surface area contributed by atoms with Crippen LogP contribution in [-0.2, 0) is 13.1 Å². The lowest BCUT2D eigenvalue weighted by Gasteiger charge is -2.15. The molecule has 0 saturated heterocycles. The Morgan fingerprint density at radius 1 is 1.63 bits per heavy atom. The van der Waals surface area contributed by atoms with Crippen molar-refractivity contribution in [3.63, 3.8) is 0 Å². The van der Waals surface area contributed by atoms with Gasteiger partial charge in [-0.2, -0.15) is 10.2 Å². The number of hydrogen-bond acceptors (Lipinski definition) is 3. The molecule has 0 unspecified atom stereocenters. The van der Waals surface area contributed by atoms with Gasteiger partial charge in [-0.1, -0.05) is 11.6 Å². The summed E-state index contributed by atoms with van der Waals surface area (Å²) in [6, 6.07) is 0. The number of aryl methyl sites for hydroxylation is 1. The fraction of sp³-hybridized carbons (Fsp3) is 0.364. The SMILES string of the molecule is CCn1cc(Cl)c(CN(C)C(=O)c2[nH]ncc2I)n1. The summed E-state index contributed by atoms with van der Waals surface area (Å²) in [4.78, 5) is 13.8. The third-order valence-corrected chi connectivity index (χ3v) is 3.79. The van der Waals surface area contributed by atoms with E-state index in [1.165, 1.54) is 0 Å². The van der Waals surface area contributed by atoms with Crippen LogP contribution in [0.15, 0.2) is 12.4 Å². The van der Waals surface area contributed by atoms with Crippen molar-refractivity contribution in [2.75, 3.05) is 7.05 Å². The van der Waals surface area contributed by atoms with Gasteiger partial charge in [0.1, 0.15) is 11.4 Å². The van der Waals surface area contributed by atoms with Crippen molar-refractivity contribution in [3.05, 3.63) is 32.4 Å². The lowest BCUT2D eigenvalue weighted by atomic mass is 10.3. The molecule has 1 N–H and O–H groups in total. The molecule has 0 saturated carbocycles. The van der Waals surface area contributed by atoms with E-state index in [1.807, 2.05) is 6.92 Å². The van der Waals surface area contributed by atoms with Crippen molar-refractivity contribution in [2.45, 2.75) is 20.0 Å². The van der Waals surface area contributed by atoms with Crippen LogP contribution in [0.3, 0.4) is 0 Å². The first-order chi connectivity index (χ1) is 9.02. The molecule has 0 aromatic carbocycles. The van der Waals surface area contributed by atoms with E-state index >= 15 is 0 Å². The van der Waals surface area contributed by atoms with E-state index in [-0.39, 0.29) is 5.91 Å². The molecular weight excluding hydrogens is 381 g/mol. The molecule has 0 atom stereocenters. The molecule has 0 aliphatic heterocycles. The lowest BCUT2D eigenvalue weighted by molar-refractivity contribution is 0.0776. The van der Waals surface area contributed by atoms with Crippen LogP contribution in [-0.4, -0.2) is 37.8 Å². The number of hydrogen-bond donors (Lipinski definition) is 1. The molecule has 2 heterocycles. The molecule has 0 radical (unpaired) electrons. The van der Waals surface area contributed by atoms with E-state index in [0.717, 1.165) is 10.1 Å². The van der Waals surface area contributed by atoms with Gasteiger partial charge in [0.2, 0.25) is 0 Å². The number of carbonyl (C=O) groups is 1. The lowest BCUT2D eigenvalue weighted by Crippen LogP contribution is -2.27. The van der Waals surface area contributed by atoms with Gasteiger partial charge < -0.3 is 4.90 Å². The van der Waals surface area contributed by atoms with E-state index < -0.39 is 0 Å². The van der Waals surface area contributed by atoms with Crippen LogP contribution in [0.2, 0.25) is 5.02 Å². The maximum Gasteiger partial charge on any atom is 0.273 e. The predicted molar refractivity (Wildman–Crippen MR) is 80.0 cm³/mol. The van der Waals surface area contributed by atoms with Gasteiger partial charge >= 0.3 is 0 Å². The molecule has 8 heteroatoms.